The van der Waals surface area contributed by atoms with Crippen molar-refractivity contribution in [2.75, 3.05) is 12.0 Å². The van der Waals surface area contributed by atoms with Gasteiger partial charge in [0.15, 0.2) is 0 Å². The number of fused-ring (bicyclic) bond motifs is 1. The molecule has 50 heavy (non-hydrogen) atoms. The molecule has 1 aliphatic rings. The largest absolute Gasteiger partial charge is 0.165 e. The van der Waals surface area contributed by atoms with E-state index in [1.54, 1.807) is 5.57 Å². The minimum Gasteiger partial charge on any atom is -0.165 e. The Morgan fingerprint density at radius 2 is 1.02 bits per heavy atom. The third-order valence-corrected chi connectivity index (χ3v) is 9.65. The standard InChI is InChI=1S/C13H16.C10H14.2C7H16.C6H14S.C6H14/c1-10(2)9-12-8-7-11-5-3-4-6-13(11)12;1-9(2)8-10-6-4-3-5-7-10;1-6(2)5-7(3)4;1-5-7(4)6(2)3;1-6(2)4-5-7-3;1-5(2)6(3)4/h3-6,8,10H,7,9H2,1-2H3;3-7,9H,8H2,1-2H3;2*6-7H,5H2,1-4H3;6H,4-5H2,1-3H3;5-6H,1-4H3. The Morgan fingerprint density at radius 3 is 1.34 bits per heavy atom. The summed E-state index contributed by atoms with van der Waals surface area (Å²) in [5.41, 5.74) is 5.97. The molecule has 0 radical (unpaired) electrons. The smallest absolute Gasteiger partial charge is 0.00679 e. The molecule has 1 unspecified atom stereocenters. The van der Waals surface area contributed by atoms with Crippen LogP contribution in [0.1, 0.15) is 167 Å². The summed E-state index contributed by atoms with van der Waals surface area (Å²) in [5, 5.41) is 0. The quantitative estimate of drug-likeness (QED) is 0.211. The van der Waals surface area contributed by atoms with Crippen molar-refractivity contribution in [1.82, 2.24) is 0 Å². The molecule has 2 aromatic carbocycles. The molecule has 292 valence electrons. The first kappa shape index (κ1) is 52.9. The van der Waals surface area contributed by atoms with Gasteiger partial charge in [0, 0.05) is 0 Å². The molecule has 0 aromatic heterocycles. The van der Waals surface area contributed by atoms with Crippen LogP contribution in [-0.2, 0) is 12.8 Å². The molecule has 1 heteroatoms. The number of hydrogen-bond donors (Lipinski definition) is 0. The second kappa shape index (κ2) is 33.4. The van der Waals surface area contributed by atoms with Crippen molar-refractivity contribution in [3.63, 3.8) is 0 Å². The molecule has 0 heterocycles. The van der Waals surface area contributed by atoms with E-state index in [4.69, 9.17) is 0 Å². The van der Waals surface area contributed by atoms with E-state index in [0.29, 0.717) is 0 Å². The topological polar surface area (TPSA) is 0 Å². The Balaban J connectivity index is -0.000000545. The Kier molecular flexibility index (Phi) is 35.3. The molecule has 0 saturated heterocycles. The monoisotopic (exact) mass is 711 g/mol. The molecular formula is C49H90S. The minimum atomic E-state index is 0.761. The molecule has 0 nitrogen and oxygen atoms in total. The molecule has 0 amide bonds. The first-order valence-electron chi connectivity index (χ1n) is 20.6. The van der Waals surface area contributed by atoms with Crippen molar-refractivity contribution in [3.05, 3.63) is 77.4 Å². The van der Waals surface area contributed by atoms with Gasteiger partial charge in [-0.3, -0.25) is 0 Å². The summed E-state index contributed by atoms with van der Waals surface area (Å²) < 4.78 is 0. The van der Waals surface area contributed by atoms with Crippen LogP contribution in [-0.4, -0.2) is 12.0 Å². The van der Waals surface area contributed by atoms with Gasteiger partial charge in [-0.15, -0.1) is 0 Å². The molecule has 0 fully saturated rings. The molecule has 1 aliphatic carbocycles. The fourth-order valence-electron chi connectivity index (χ4n) is 4.84. The third-order valence-electron chi connectivity index (χ3n) is 9.00. The fraction of sp³-hybridized carbons (Fsp3) is 0.714. The fourth-order valence-corrected chi connectivity index (χ4v) is 5.55. The second-order valence-electron chi connectivity index (χ2n) is 17.6. The lowest BCUT2D eigenvalue weighted by molar-refractivity contribution is 0.407. The zero-order valence-electron chi connectivity index (χ0n) is 37.3. The van der Waals surface area contributed by atoms with Gasteiger partial charge >= 0.3 is 0 Å². The van der Waals surface area contributed by atoms with Crippen molar-refractivity contribution in [2.24, 2.45) is 53.3 Å². The van der Waals surface area contributed by atoms with E-state index >= 15 is 0 Å². The van der Waals surface area contributed by atoms with Crippen LogP contribution >= 0.6 is 11.8 Å². The van der Waals surface area contributed by atoms with Gasteiger partial charge < -0.3 is 0 Å². The maximum Gasteiger partial charge on any atom is -0.00679 e. The lowest BCUT2D eigenvalue weighted by Gasteiger charge is -2.10. The number of allylic oxidation sites excluding steroid dienone is 2. The van der Waals surface area contributed by atoms with Gasteiger partial charge in [0.25, 0.3) is 0 Å². The number of hydrogen-bond acceptors (Lipinski definition) is 1. The average molecular weight is 711 g/mol. The van der Waals surface area contributed by atoms with E-state index in [1.807, 2.05) is 11.8 Å². The lowest BCUT2D eigenvalue weighted by atomic mass is 9.96. The Bertz CT molecular complexity index is 994. The van der Waals surface area contributed by atoms with E-state index in [9.17, 15) is 0 Å². The van der Waals surface area contributed by atoms with Crippen LogP contribution in [0.5, 0.6) is 0 Å². The first-order chi connectivity index (χ1) is 23.3. The van der Waals surface area contributed by atoms with E-state index < -0.39 is 0 Å². The molecule has 2 aromatic rings. The Labute approximate surface area is 321 Å². The summed E-state index contributed by atoms with van der Waals surface area (Å²) >= 11 is 1.93. The third kappa shape index (κ3) is 35.0. The van der Waals surface area contributed by atoms with Crippen molar-refractivity contribution < 1.29 is 0 Å². The van der Waals surface area contributed by atoms with Gasteiger partial charge in [-0.2, -0.15) is 11.8 Å². The van der Waals surface area contributed by atoms with Gasteiger partial charge in [-0.1, -0.05) is 192 Å². The molecule has 3 rings (SSSR count). The predicted molar refractivity (Wildman–Crippen MR) is 239 cm³/mol. The van der Waals surface area contributed by atoms with Crippen LogP contribution < -0.4 is 0 Å². The zero-order valence-corrected chi connectivity index (χ0v) is 38.1. The van der Waals surface area contributed by atoms with Crippen LogP contribution in [0.3, 0.4) is 0 Å². The van der Waals surface area contributed by atoms with Crippen LogP contribution in [0.2, 0.25) is 0 Å². The average Bonchev–Trinajstić information content (AvgIpc) is 3.42. The normalized spacial score (nSPS) is 12.3. The highest BCUT2D eigenvalue weighted by Gasteiger charge is 2.13. The van der Waals surface area contributed by atoms with Gasteiger partial charge in [0.05, 0.1) is 0 Å². The summed E-state index contributed by atoms with van der Waals surface area (Å²) in [6.07, 6.45) is 12.1. The summed E-state index contributed by atoms with van der Waals surface area (Å²) in [6.45, 7) is 40.7. The van der Waals surface area contributed by atoms with Gasteiger partial charge in [-0.25, -0.2) is 0 Å². The van der Waals surface area contributed by atoms with E-state index in [2.05, 4.69) is 192 Å². The maximum atomic E-state index is 2.38. The van der Waals surface area contributed by atoms with E-state index in [-0.39, 0.29) is 0 Å². The van der Waals surface area contributed by atoms with E-state index in [1.165, 1.54) is 54.5 Å². The molecule has 1 atom stereocenters. The van der Waals surface area contributed by atoms with Crippen LogP contribution in [0, 0.1) is 53.3 Å². The highest BCUT2D eigenvalue weighted by atomic mass is 32.2. The first-order valence-corrected chi connectivity index (χ1v) is 22.0. The van der Waals surface area contributed by atoms with Gasteiger partial charge in [-0.05, 0) is 120 Å². The van der Waals surface area contributed by atoms with Gasteiger partial charge in [0.1, 0.15) is 0 Å². The predicted octanol–water partition coefficient (Wildman–Crippen LogP) is 16.6. The minimum absolute atomic E-state index is 0.761. The number of benzene rings is 2. The lowest BCUT2D eigenvalue weighted by Crippen LogP contribution is -2.00. The maximum absolute atomic E-state index is 2.38. The van der Waals surface area contributed by atoms with Crippen LogP contribution in [0.4, 0.5) is 0 Å². The van der Waals surface area contributed by atoms with Crippen molar-refractivity contribution in [1.29, 1.82) is 0 Å². The second-order valence-corrected chi connectivity index (χ2v) is 18.6. The van der Waals surface area contributed by atoms with Crippen LogP contribution in [0.15, 0.2) is 60.7 Å². The Morgan fingerprint density at radius 1 is 0.540 bits per heavy atom. The molecule has 0 N–H and O–H groups in total. The Hall–Kier alpha value is -1.47. The molecular weight excluding hydrogens is 621 g/mol. The summed E-state index contributed by atoms with van der Waals surface area (Å²) in [7, 11) is 0. The molecule has 0 aliphatic heterocycles. The summed E-state index contributed by atoms with van der Waals surface area (Å²) in [4.78, 5) is 0. The van der Waals surface area contributed by atoms with Crippen molar-refractivity contribution >= 4 is 17.3 Å². The molecule has 0 spiro atoms. The number of thioether (sulfide) groups is 1. The zero-order chi connectivity index (χ0) is 39.2. The van der Waals surface area contributed by atoms with Crippen LogP contribution in [0.25, 0.3) is 5.57 Å². The molecule has 0 bridgehead atoms. The molecule has 0 saturated carbocycles. The summed E-state index contributed by atoms with van der Waals surface area (Å²) in [6, 6.07) is 19.4. The van der Waals surface area contributed by atoms with E-state index in [0.717, 1.165) is 59.7 Å². The highest BCUT2D eigenvalue weighted by molar-refractivity contribution is 7.98. The van der Waals surface area contributed by atoms with Crippen molar-refractivity contribution in [2.45, 2.75) is 163 Å². The SMILES string of the molecule is CC(C)C(C)C.CC(C)CC(C)C.CC(C)CC1=CCc2ccccc21.CC(C)Cc1ccccc1.CCC(C)C(C)C.CSCCC(C)C. The van der Waals surface area contributed by atoms with Gasteiger partial charge in [0.2, 0.25) is 0 Å². The highest BCUT2D eigenvalue weighted by Crippen LogP contribution is 2.31. The number of rotatable bonds is 12. The summed E-state index contributed by atoms with van der Waals surface area (Å²) in [5.74, 6) is 8.95. The van der Waals surface area contributed by atoms with Crippen molar-refractivity contribution in [3.8, 4) is 0 Å².